The smallest absolute Gasteiger partial charge is 0.0786 e. The highest BCUT2D eigenvalue weighted by Crippen LogP contribution is 2.24. The lowest BCUT2D eigenvalue weighted by Gasteiger charge is -2.20. The van der Waals surface area contributed by atoms with Crippen LogP contribution in [-0.2, 0) is 11.8 Å². The van der Waals surface area contributed by atoms with Gasteiger partial charge in [-0.05, 0) is 42.0 Å². The first-order valence-corrected chi connectivity index (χ1v) is 7.03. The van der Waals surface area contributed by atoms with Gasteiger partial charge in [-0.1, -0.05) is 39.0 Å². The topological polar surface area (TPSA) is 58.3 Å². The van der Waals surface area contributed by atoms with E-state index in [9.17, 15) is 5.11 Å². The summed E-state index contributed by atoms with van der Waals surface area (Å²) >= 11 is 0. The average Bonchev–Trinajstić information content (AvgIpc) is 2.34. The average molecular weight is 264 g/mol. The zero-order valence-electron chi connectivity index (χ0n) is 12.7. The third-order valence-corrected chi connectivity index (χ3v) is 3.43. The van der Waals surface area contributed by atoms with Crippen molar-refractivity contribution in [3.63, 3.8) is 0 Å². The van der Waals surface area contributed by atoms with Crippen LogP contribution in [0.15, 0.2) is 18.2 Å². The van der Waals surface area contributed by atoms with E-state index in [1.165, 1.54) is 16.7 Å². The standard InChI is InChI=1S/C16H28N2O/c1-12-9-14(16(2,3)4)6-5-13(12)7-8-18-11-15(19)10-17/h5-6,9,15,18-19H,7-8,10-11,17H2,1-4H3. The molecular weight excluding hydrogens is 236 g/mol. The Kier molecular flexibility index (Phi) is 5.98. The van der Waals surface area contributed by atoms with Gasteiger partial charge in [-0.3, -0.25) is 0 Å². The highest BCUT2D eigenvalue weighted by Gasteiger charge is 2.14. The lowest BCUT2D eigenvalue weighted by molar-refractivity contribution is 0.180. The van der Waals surface area contributed by atoms with E-state index in [1.54, 1.807) is 0 Å². The second-order valence-electron chi connectivity index (χ2n) is 6.23. The van der Waals surface area contributed by atoms with E-state index in [0.717, 1.165) is 13.0 Å². The maximum Gasteiger partial charge on any atom is 0.0786 e. The molecule has 0 saturated carbocycles. The first-order valence-electron chi connectivity index (χ1n) is 7.03. The van der Waals surface area contributed by atoms with Crippen molar-refractivity contribution >= 4 is 0 Å². The van der Waals surface area contributed by atoms with Crippen LogP contribution in [0.5, 0.6) is 0 Å². The van der Waals surface area contributed by atoms with Gasteiger partial charge in [0, 0.05) is 13.1 Å². The molecule has 0 fully saturated rings. The molecule has 0 aliphatic heterocycles. The van der Waals surface area contributed by atoms with E-state index in [1.807, 2.05) is 0 Å². The van der Waals surface area contributed by atoms with Crippen molar-refractivity contribution in [2.24, 2.45) is 5.73 Å². The molecule has 0 bridgehead atoms. The lowest BCUT2D eigenvalue weighted by Crippen LogP contribution is -2.33. The molecule has 1 rings (SSSR count). The summed E-state index contributed by atoms with van der Waals surface area (Å²) in [5.74, 6) is 0. The lowest BCUT2D eigenvalue weighted by atomic mass is 9.85. The highest BCUT2D eigenvalue weighted by atomic mass is 16.3. The summed E-state index contributed by atoms with van der Waals surface area (Å²) in [4.78, 5) is 0. The number of aliphatic hydroxyl groups is 1. The van der Waals surface area contributed by atoms with Crippen LogP contribution < -0.4 is 11.1 Å². The minimum absolute atomic E-state index is 0.201. The highest BCUT2D eigenvalue weighted by molar-refractivity contribution is 5.34. The Morgan fingerprint density at radius 2 is 2.00 bits per heavy atom. The Balaban J connectivity index is 2.52. The Bertz CT molecular complexity index is 396. The molecule has 0 saturated heterocycles. The largest absolute Gasteiger partial charge is 0.390 e. The summed E-state index contributed by atoms with van der Waals surface area (Å²) in [6.45, 7) is 10.6. The van der Waals surface area contributed by atoms with E-state index in [4.69, 9.17) is 5.73 Å². The molecular formula is C16H28N2O. The summed E-state index contributed by atoms with van der Waals surface area (Å²) < 4.78 is 0. The van der Waals surface area contributed by atoms with E-state index in [-0.39, 0.29) is 5.41 Å². The summed E-state index contributed by atoms with van der Waals surface area (Å²) in [5.41, 5.74) is 9.64. The van der Waals surface area contributed by atoms with Crippen LogP contribution in [0.2, 0.25) is 0 Å². The minimum atomic E-state index is -0.440. The number of nitrogens with one attached hydrogen (secondary N) is 1. The van der Waals surface area contributed by atoms with Gasteiger partial charge in [-0.2, -0.15) is 0 Å². The van der Waals surface area contributed by atoms with Crippen molar-refractivity contribution in [1.82, 2.24) is 5.32 Å². The molecule has 0 spiro atoms. The predicted molar refractivity (Wildman–Crippen MR) is 81.5 cm³/mol. The second kappa shape index (κ2) is 7.04. The van der Waals surface area contributed by atoms with Crippen molar-refractivity contribution in [2.75, 3.05) is 19.6 Å². The number of rotatable bonds is 6. The molecule has 1 aromatic rings. The molecule has 0 aromatic heterocycles. The maximum absolute atomic E-state index is 9.35. The SMILES string of the molecule is Cc1cc(C(C)(C)C)ccc1CCNCC(O)CN. The molecule has 0 radical (unpaired) electrons. The predicted octanol–water partition coefficient (Wildman–Crippen LogP) is 1.74. The summed E-state index contributed by atoms with van der Waals surface area (Å²) in [5, 5.41) is 12.6. The fraction of sp³-hybridized carbons (Fsp3) is 0.625. The van der Waals surface area contributed by atoms with Gasteiger partial charge in [0.2, 0.25) is 0 Å². The Hall–Kier alpha value is -0.900. The first kappa shape index (κ1) is 16.2. The van der Waals surface area contributed by atoms with E-state index >= 15 is 0 Å². The molecule has 0 heterocycles. The number of hydrogen-bond donors (Lipinski definition) is 3. The first-order chi connectivity index (χ1) is 8.84. The van der Waals surface area contributed by atoms with Gasteiger partial charge in [0.15, 0.2) is 0 Å². The number of aliphatic hydroxyl groups excluding tert-OH is 1. The van der Waals surface area contributed by atoms with Crippen LogP contribution in [0.1, 0.15) is 37.5 Å². The third-order valence-electron chi connectivity index (χ3n) is 3.43. The minimum Gasteiger partial charge on any atom is -0.390 e. The fourth-order valence-electron chi connectivity index (χ4n) is 2.02. The van der Waals surface area contributed by atoms with Gasteiger partial charge in [-0.15, -0.1) is 0 Å². The van der Waals surface area contributed by atoms with E-state index < -0.39 is 6.10 Å². The maximum atomic E-state index is 9.35. The van der Waals surface area contributed by atoms with Crippen LogP contribution in [0, 0.1) is 6.92 Å². The zero-order chi connectivity index (χ0) is 14.5. The second-order valence-corrected chi connectivity index (χ2v) is 6.23. The van der Waals surface area contributed by atoms with Gasteiger partial charge >= 0.3 is 0 Å². The molecule has 3 heteroatoms. The van der Waals surface area contributed by atoms with Gasteiger partial charge in [0.1, 0.15) is 0 Å². The van der Waals surface area contributed by atoms with Crippen LogP contribution >= 0.6 is 0 Å². The Morgan fingerprint density at radius 3 is 2.53 bits per heavy atom. The summed E-state index contributed by atoms with van der Waals surface area (Å²) in [6, 6.07) is 6.72. The molecule has 3 nitrogen and oxygen atoms in total. The normalized spacial score (nSPS) is 13.6. The van der Waals surface area contributed by atoms with Crippen molar-refractivity contribution in [3.8, 4) is 0 Å². The molecule has 1 aromatic carbocycles. The van der Waals surface area contributed by atoms with E-state index in [2.05, 4.69) is 51.2 Å². The van der Waals surface area contributed by atoms with Crippen LogP contribution in [0.25, 0.3) is 0 Å². The van der Waals surface area contributed by atoms with Crippen LogP contribution in [0.4, 0.5) is 0 Å². The number of aryl methyl sites for hydroxylation is 1. The van der Waals surface area contributed by atoms with Crippen molar-refractivity contribution in [3.05, 3.63) is 34.9 Å². The molecule has 108 valence electrons. The zero-order valence-corrected chi connectivity index (χ0v) is 12.7. The molecule has 0 aliphatic rings. The number of benzene rings is 1. The van der Waals surface area contributed by atoms with Crippen molar-refractivity contribution < 1.29 is 5.11 Å². The monoisotopic (exact) mass is 264 g/mol. The van der Waals surface area contributed by atoms with Gasteiger partial charge in [-0.25, -0.2) is 0 Å². The molecule has 4 N–H and O–H groups in total. The van der Waals surface area contributed by atoms with Crippen LogP contribution in [0.3, 0.4) is 0 Å². The summed E-state index contributed by atoms with van der Waals surface area (Å²) in [6.07, 6.45) is 0.539. The molecule has 19 heavy (non-hydrogen) atoms. The van der Waals surface area contributed by atoms with Gasteiger partial charge < -0.3 is 16.2 Å². The van der Waals surface area contributed by atoms with E-state index in [0.29, 0.717) is 13.1 Å². The Labute approximate surface area is 117 Å². The fourth-order valence-corrected chi connectivity index (χ4v) is 2.02. The molecule has 1 atom stereocenters. The quantitative estimate of drug-likeness (QED) is 0.686. The molecule has 0 aliphatic carbocycles. The van der Waals surface area contributed by atoms with Crippen molar-refractivity contribution in [2.45, 2.75) is 45.6 Å². The molecule has 0 amide bonds. The third kappa shape index (κ3) is 5.31. The summed E-state index contributed by atoms with van der Waals surface area (Å²) in [7, 11) is 0. The van der Waals surface area contributed by atoms with Crippen molar-refractivity contribution in [1.29, 1.82) is 0 Å². The number of hydrogen-bond acceptors (Lipinski definition) is 3. The molecule has 1 unspecified atom stereocenters. The number of nitrogens with two attached hydrogens (primary N) is 1. The van der Waals surface area contributed by atoms with Gasteiger partial charge in [0.25, 0.3) is 0 Å². The Morgan fingerprint density at radius 1 is 1.32 bits per heavy atom. The van der Waals surface area contributed by atoms with Gasteiger partial charge in [0.05, 0.1) is 6.10 Å². The van der Waals surface area contributed by atoms with Crippen LogP contribution in [-0.4, -0.2) is 30.8 Å².